The Morgan fingerprint density at radius 3 is 2.88 bits per heavy atom. The number of hydrogen-bond donors (Lipinski definition) is 1. The normalized spacial score (nSPS) is 12.1. The maximum atomic E-state index is 11.2. The highest BCUT2D eigenvalue weighted by Gasteiger charge is 2.11. The molecule has 3 rings (SSSR count). The maximum absolute atomic E-state index is 11.2. The van der Waals surface area contributed by atoms with Crippen LogP contribution in [-0.4, -0.2) is 21.6 Å². The van der Waals surface area contributed by atoms with Gasteiger partial charge in [-0.15, -0.1) is 0 Å². The molecular formula is C19H21N3O2. The van der Waals surface area contributed by atoms with Gasteiger partial charge in [0.05, 0.1) is 23.9 Å². The molecule has 1 atom stereocenters. The molecule has 0 fully saturated rings. The van der Waals surface area contributed by atoms with Gasteiger partial charge >= 0.3 is 0 Å². The number of rotatable bonds is 5. The lowest BCUT2D eigenvalue weighted by Gasteiger charge is -2.18. The first-order valence-corrected chi connectivity index (χ1v) is 7.97. The fourth-order valence-corrected chi connectivity index (χ4v) is 2.69. The number of amides is 1. The van der Waals surface area contributed by atoms with Crippen molar-refractivity contribution in [2.75, 3.05) is 5.32 Å². The second-order valence-electron chi connectivity index (χ2n) is 5.98. The summed E-state index contributed by atoms with van der Waals surface area (Å²) in [5.41, 5.74) is 3.85. The summed E-state index contributed by atoms with van der Waals surface area (Å²) in [5.74, 6) is 0.681. The zero-order valence-electron chi connectivity index (χ0n) is 14.1. The van der Waals surface area contributed by atoms with Crippen LogP contribution in [0.3, 0.4) is 0 Å². The van der Waals surface area contributed by atoms with Crippen LogP contribution >= 0.6 is 0 Å². The molecule has 1 amide bonds. The summed E-state index contributed by atoms with van der Waals surface area (Å²) in [6.07, 6.45) is 1.80. The van der Waals surface area contributed by atoms with Crippen molar-refractivity contribution in [3.05, 3.63) is 54.4 Å². The van der Waals surface area contributed by atoms with E-state index < -0.39 is 0 Å². The van der Waals surface area contributed by atoms with E-state index in [1.54, 1.807) is 0 Å². The topological polar surface area (TPSA) is 56.1 Å². The SMILES string of the molecule is CC(=O)Nc1ccc(C)c(O[C@H](C)Cn2cnc3ccccc32)c1. The van der Waals surface area contributed by atoms with E-state index in [4.69, 9.17) is 4.74 Å². The van der Waals surface area contributed by atoms with E-state index in [-0.39, 0.29) is 12.0 Å². The standard InChI is InChI=1S/C19H21N3O2/c1-13-8-9-16(21-15(3)23)10-19(13)24-14(2)11-22-12-20-17-6-4-5-7-18(17)22/h4-10,12,14H,11H2,1-3H3,(H,21,23)/t14-/m1/s1. The lowest BCUT2D eigenvalue weighted by molar-refractivity contribution is -0.114. The number of benzene rings is 2. The van der Waals surface area contributed by atoms with Gasteiger partial charge in [0.25, 0.3) is 0 Å². The van der Waals surface area contributed by atoms with Crippen molar-refractivity contribution in [2.45, 2.75) is 33.4 Å². The number of nitrogens with zero attached hydrogens (tertiary/aromatic N) is 2. The van der Waals surface area contributed by atoms with Gasteiger partial charge in [0, 0.05) is 18.7 Å². The first-order valence-electron chi connectivity index (χ1n) is 7.97. The number of imidazole rings is 1. The minimum atomic E-state index is -0.0947. The van der Waals surface area contributed by atoms with Crippen LogP contribution in [0.4, 0.5) is 5.69 Å². The minimum absolute atomic E-state index is 0.0334. The van der Waals surface area contributed by atoms with Crippen molar-refractivity contribution in [3.63, 3.8) is 0 Å². The van der Waals surface area contributed by atoms with Crippen LogP contribution < -0.4 is 10.1 Å². The van der Waals surface area contributed by atoms with E-state index in [1.165, 1.54) is 6.92 Å². The molecule has 3 aromatic rings. The van der Waals surface area contributed by atoms with Crippen LogP contribution in [0.15, 0.2) is 48.8 Å². The highest BCUT2D eigenvalue weighted by Crippen LogP contribution is 2.24. The number of nitrogens with one attached hydrogen (secondary N) is 1. The average molecular weight is 323 g/mol. The van der Waals surface area contributed by atoms with E-state index in [9.17, 15) is 4.79 Å². The summed E-state index contributed by atoms with van der Waals surface area (Å²) in [4.78, 5) is 15.6. The molecule has 2 aromatic carbocycles. The minimum Gasteiger partial charge on any atom is -0.489 e. The summed E-state index contributed by atoms with van der Waals surface area (Å²) in [6.45, 7) is 6.21. The van der Waals surface area contributed by atoms with Crippen LogP contribution in [-0.2, 0) is 11.3 Å². The molecular weight excluding hydrogens is 302 g/mol. The van der Waals surface area contributed by atoms with Gasteiger partial charge in [0.1, 0.15) is 11.9 Å². The average Bonchev–Trinajstić information content (AvgIpc) is 2.93. The lowest BCUT2D eigenvalue weighted by Crippen LogP contribution is -2.19. The Kier molecular flexibility index (Phi) is 4.51. The van der Waals surface area contributed by atoms with Gasteiger partial charge in [-0.3, -0.25) is 4.79 Å². The van der Waals surface area contributed by atoms with Gasteiger partial charge in [-0.25, -0.2) is 4.98 Å². The third-order valence-corrected chi connectivity index (χ3v) is 3.82. The Morgan fingerprint density at radius 2 is 2.08 bits per heavy atom. The van der Waals surface area contributed by atoms with Crippen LogP contribution in [0.5, 0.6) is 5.75 Å². The fourth-order valence-electron chi connectivity index (χ4n) is 2.69. The van der Waals surface area contributed by atoms with E-state index in [1.807, 2.05) is 56.6 Å². The molecule has 1 aromatic heterocycles. The largest absolute Gasteiger partial charge is 0.489 e. The Morgan fingerprint density at radius 1 is 1.29 bits per heavy atom. The molecule has 0 aliphatic heterocycles. The third kappa shape index (κ3) is 3.56. The van der Waals surface area contributed by atoms with Crippen LogP contribution in [0.25, 0.3) is 11.0 Å². The fraction of sp³-hybridized carbons (Fsp3) is 0.263. The summed E-state index contributed by atoms with van der Waals surface area (Å²) < 4.78 is 8.18. The van der Waals surface area contributed by atoms with Crippen molar-refractivity contribution in [1.82, 2.24) is 9.55 Å². The maximum Gasteiger partial charge on any atom is 0.221 e. The first-order chi connectivity index (χ1) is 11.5. The third-order valence-electron chi connectivity index (χ3n) is 3.82. The number of fused-ring (bicyclic) bond motifs is 1. The molecule has 5 nitrogen and oxygen atoms in total. The predicted octanol–water partition coefficient (Wildman–Crippen LogP) is 3.77. The molecule has 0 bridgehead atoms. The molecule has 5 heteroatoms. The number of hydrogen-bond acceptors (Lipinski definition) is 3. The van der Waals surface area contributed by atoms with Crippen molar-refractivity contribution in [3.8, 4) is 5.75 Å². The van der Waals surface area contributed by atoms with E-state index >= 15 is 0 Å². The van der Waals surface area contributed by atoms with Gasteiger partial charge in [0.2, 0.25) is 5.91 Å². The zero-order chi connectivity index (χ0) is 17.1. The lowest BCUT2D eigenvalue weighted by atomic mass is 10.2. The van der Waals surface area contributed by atoms with Gasteiger partial charge in [0.15, 0.2) is 0 Å². The number of ether oxygens (including phenoxy) is 1. The summed E-state index contributed by atoms with van der Waals surface area (Å²) >= 11 is 0. The van der Waals surface area contributed by atoms with Gasteiger partial charge < -0.3 is 14.6 Å². The molecule has 24 heavy (non-hydrogen) atoms. The highest BCUT2D eigenvalue weighted by molar-refractivity contribution is 5.88. The van der Waals surface area contributed by atoms with Crippen molar-refractivity contribution >= 4 is 22.6 Å². The molecule has 1 heterocycles. The Labute approximate surface area is 141 Å². The number of para-hydroxylation sites is 2. The molecule has 0 saturated heterocycles. The Hall–Kier alpha value is -2.82. The molecule has 1 N–H and O–H groups in total. The van der Waals surface area contributed by atoms with E-state index in [0.29, 0.717) is 6.54 Å². The zero-order valence-corrected chi connectivity index (χ0v) is 14.1. The van der Waals surface area contributed by atoms with Crippen molar-refractivity contribution in [1.29, 1.82) is 0 Å². The summed E-state index contributed by atoms with van der Waals surface area (Å²) in [7, 11) is 0. The van der Waals surface area contributed by atoms with Crippen LogP contribution in [0.1, 0.15) is 19.4 Å². The van der Waals surface area contributed by atoms with E-state index in [0.717, 1.165) is 28.0 Å². The van der Waals surface area contributed by atoms with Crippen molar-refractivity contribution in [2.24, 2.45) is 0 Å². The molecule has 0 aliphatic rings. The number of carbonyl (C=O) groups is 1. The van der Waals surface area contributed by atoms with Crippen LogP contribution in [0, 0.1) is 6.92 Å². The van der Waals surface area contributed by atoms with Gasteiger partial charge in [-0.1, -0.05) is 18.2 Å². The number of aryl methyl sites for hydroxylation is 1. The van der Waals surface area contributed by atoms with Gasteiger partial charge in [-0.05, 0) is 37.6 Å². The number of anilines is 1. The number of aromatic nitrogens is 2. The van der Waals surface area contributed by atoms with E-state index in [2.05, 4.69) is 20.9 Å². The Bertz CT molecular complexity index is 870. The Balaban J connectivity index is 1.74. The molecule has 0 radical (unpaired) electrons. The summed E-state index contributed by atoms with van der Waals surface area (Å²) in [6, 6.07) is 13.7. The van der Waals surface area contributed by atoms with Gasteiger partial charge in [-0.2, -0.15) is 0 Å². The second-order valence-corrected chi connectivity index (χ2v) is 5.98. The quantitative estimate of drug-likeness (QED) is 0.777. The summed E-state index contributed by atoms with van der Waals surface area (Å²) in [5, 5.41) is 2.78. The highest BCUT2D eigenvalue weighted by atomic mass is 16.5. The van der Waals surface area contributed by atoms with Crippen LogP contribution in [0.2, 0.25) is 0 Å². The monoisotopic (exact) mass is 323 g/mol. The molecule has 124 valence electrons. The smallest absolute Gasteiger partial charge is 0.221 e. The number of carbonyl (C=O) groups excluding carboxylic acids is 1. The first kappa shape index (κ1) is 16.1. The molecule has 0 spiro atoms. The predicted molar refractivity (Wildman–Crippen MR) is 95.3 cm³/mol. The second kappa shape index (κ2) is 6.74. The van der Waals surface area contributed by atoms with Crippen molar-refractivity contribution < 1.29 is 9.53 Å². The molecule has 0 aliphatic carbocycles. The molecule has 0 unspecified atom stereocenters. The molecule has 0 saturated carbocycles.